The second-order valence-corrected chi connectivity index (χ2v) is 5.52. The molecule has 1 amide bonds. The predicted octanol–water partition coefficient (Wildman–Crippen LogP) is 2.42. The molecule has 124 valence electrons. The van der Waals surface area contributed by atoms with E-state index in [0.717, 1.165) is 11.0 Å². The van der Waals surface area contributed by atoms with Gasteiger partial charge in [0.15, 0.2) is 0 Å². The number of hydrogen-bond donors (Lipinski definition) is 2. The van der Waals surface area contributed by atoms with Gasteiger partial charge in [-0.25, -0.2) is 9.37 Å². The average Bonchev–Trinajstić information content (AvgIpc) is 3.01. The molecule has 0 aliphatic rings. The van der Waals surface area contributed by atoms with E-state index in [1.807, 2.05) is 28.8 Å². The van der Waals surface area contributed by atoms with Gasteiger partial charge in [-0.2, -0.15) is 0 Å². The third-order valence-electron chi connectivity index (χ3n) is 3.86. The van der Waals surface area contributed by atoms with Crippen LogP contribution >= 0.6 is 0 Å². The van der Waals surface area contributed by atoms with Gasteiger partial charge in [-0.3, -0.25) is 4.79 Å². The highest BCUT2D eigenvalue weighted by molar-refractivity contribution is 5.77. The van der Waals surface area contributed by atoms with Crippen LogP contribution < -0.4 is 5.32 Å². The Kier molecular flexibility index (Phi) is 4.86. The van der Waals surface area contributed by atoms with E-state index in [1.54, 1.807) is 18.5 Å². The number of para-hydroxylation sites is 2. The smallest absolute Gasteiger partial charge is 0.221 e. The highest BCUT2D eigenvalue weighted by Crippen LogP contribution is 2.16. The standard InChI is InChI=1S/C18H18FN3O2/c19-14-6-2-1-5-13(14)17(23)11-20-18(24)9-10-22-12-21-15-7-3-4-8-16(15)22/h1-8,12,17,23H,9-11H2,(H,20,24). The third-order valence-corrected chi connectivity index (χ3v) is 3.86. The van der Waals surface area contributed by atoms with Crippen molar-refractivity contribution in [3.63, 3.8) is 0 Å². The van der Waals surface area contributed by atoms with Crippen LogP contribution in [-0.4, -0.2) is 27.1 Å². The highest BCUT2D eigenvalue weighted by atomic mass is 19.1. The second kappa shape index (κ2) is 7.23. The van der Waals surface area contributed by atoms with Crippen LogP contribution in [0, 0.1) is 5.82 Å². The van der Waals surface area contributed by atoms with E-state index >= 15 is 0 Å². The first-order valence-corrected chi connectivity index (χ1v) is 7.74. The second-order valence-electron chi connectivity index (χ2n) is 5.52. The van der Waals surface area contributed by atoms with Gasteiger partial charge in [-0.05, 0) is 18.2 Å². The summed E-state index contributed by atoms with van der Waals surface area (Å²) in [7, 11) is 0. The van der Waals surface area contributed by atoms with Crippen molar-refractivity contribution in [1.29, 1.82) is 0 Å². The fourth-order valence-corrected chi connectivity index (χ4v) is 2.56. The van der Waals surface area contributed by atoms with Gasteiger partial charge in [-0.15, -0.1) is 0 Å². The molecule has 0 radical (unpaired) electrons. The van der Waals surface area contributed by atoms with Gasteiger partial charge in [0, 0.05) is 25.1 Å². The molecule has 0 saturated carbocycles. The van der Waals surface area contributed by atoms with Gasteiger partial charge in [0.1, 0.15) is 5.82 Å². The van der Waals surface area contributed by atoms with Crippen LogP contribution in [0.1, 0.15) is 18.1 Å². The van der Waals surface area contributed by atoms with Crippen LogP contribution in [0.25, 0.3) is 11.0 Å². The van der Waals surface area contributed by atoms with Gasteiger partial charge in [0.25, 0.3) is 0 Å². The lowest BCUT2D eigenvalue weighted by Crippen LogP contribution is -2.29. The van der Waals surface area contributed by atoms with Gasteiger partial charge >= 0.3 is 0 Å². The molecule has 0 saturated heterocycles. The number of rotatable bonds is 6. The molecule has 1 atom stereocenters. The summed E-state index contributed by atoms with van der Waals surface area (Å²) in [5.74, 6) is -0.688. The van der Waals surface area contributed by atoms with Crippen molar-refractivity contribution in [2.24, 2.45) is 0 Å². The van der Waals surface area contributed by atoms with Gasteiger partial charge < -0.3 is 15.0 Å². The number of imidazole rings is 1. The molecule has 5 nitrogen and oxygen atoms in total. The number of aromatic nitrogens is 2. The fraction of sp³-hybridized carbons (Fsp3) is 0.222. The lowest BCUT2D eigenvalue weighted by molar-refractivity contribution is -0.121. The molecule has 3 rings (SSSR count). The summed E-state index contributed by atoms with van der Waals surface area (Å²) in [4.78, 5) is 16.2. The molecule has 6 heteroatoms. The Balaban J connectivity index is 1.52. The fourth-order valence-electron chi connectivity index (χ4n) is 2.56. The highest BCUT2D eigenvalue weighted by Gasteiger charge is 2.13. The van der Waals surface area contributed by atoms with Crippen LogP contribution in [0.4, 0.5) is 4.39 Å². The Morgan fingerprint density at radius 1 is 1.21 bits per heavy atom. The van der Waals surface area contributed by atoms with Crippen molar-refractivity contribution in [2.75, 3.05) is 6.54 Å². The van der Waals surface area contributed by atoms with E-state index < -0.39 is 11.9 Å². The molecule has 2 N–H and O–H groups in total. The molecule has 0 spiro atoms. The Morgan fingerprint density at radius 3 is 2.79 bits per heavy atom. The topological polar surface area (TPSA) is 67.2 Å². The van der Waals surface area contributed by atoms with Gasteiger partial charge in [0.2, 0.25) is 5.91 Å². The minimum absolute atomic E-state index is 0.0234. The molecule has 24 heavy (non-hydrogen) atoms. The number of amides is 1. The lowest BCUT2D eigenvalue weighted by atomic mass is 10.1. The molecule has 1 aromatic heterocycles. The molecule has 0 fully saturated rings. The molecule has 3 aromatic rings. The Labute approximate surface area is 138 Å². The van der Waals surface area contributed by atoms with Crippen molar-refractivity contribution in [1.82, 2.24) is 14.9 Å². The maximum atomic E-state index is 13.6. The Bertz CT molecular complexity index is 847. The van der Waals surface area contributed by atoms with Crippen molar-refractivity contribution in [3.05, 3.63) is 66.2 Å². The molecule has 2 aromatic carbocycles. The van der Waals surface area contributed by atoms with Crippen LogP contribution in [0.15, 0.2) is 54.9 Å². The SMILES string of the molecule is O=C(CCn1cnc2ccccc21)NCC(O)c1ccccc1F. The summed E-state index contributed by atoms with van der Waals surface area (Å²) < 4.78 is 15.5. The van der Waals surface area contributed by atoms with E-state index in [2.05, 4.69) is 10.3 Å². The maximum Gasteiger partial charge on any atom is 0.221 e. The third kappa shape index (κ3) is 3.60. The predicted molar refractivity (Wildman–Crippen MR) is 88.7 cm³/mol. The zero-order chi connectivity index (χ0) is 16.9. The van der Waals surface area contributed by atoms with Crippen LogP contribution in [0.5, 0.6) is 0 Å². The van der Waals surface area contributed by atoms with E-state index in [1.165, 1.54) is 12.1 Å². The minimum atomic E-state index is -1.07. The molecule has 0 bridgehead atoms. The number of benzene rings is 2. The summed E-state index contributed by atoms with van der Waals surface area (Å²) >= 11 is 0. The molecule has 1 unspecified atom stereocenters. The summed E-state index contributed by atoms with van der Waals surface area (Å²) in [5.41, 5.74) is 2.03. The minimum Gasteiger partial charge on any atom is -0.386 e. The maximum absolute atomic E-state index is 13.6. The zero-order valence-corrected chi connectivity index (χ0v) is 13.0. The van der Waals surface area contributed by atoms with E-state index in [4.69, 9.17) is 0 Å². The number of halogens is 1. The number of hydrogen-bond acceptors (Lipinski definition) is 3. The number of aliphatic hydroxyl groups excluding tert-OH is 1. The number of carbonyl (C=O) groups is 1. The van der Waals surface area contributed by atoms with Crippen molar-refractivity contribution < 1.29 is 14.3 Å². The van der Waals surface area contributed by atoms with Gasteiger partial charge in [-0.1, -0.05) is 30.3 Å². The summed E-state index contributed by atoms with van der Waals surface area (Å²) in [5, 5.41) is 12.6. The quantitative estimate of drug-likeness (QED) is 0.731. The largest absolute Gasteiger partial charge is 0.386 e. The Hall–Kier alpha value is -2.73. The average molecular weight is 327 g/mol. The van der Waals surface area contributed by atoms with Gasteiger partial charge in [0.05, 0.1) is 23.5 Å². The Morgan fingerprint density at radius 2 is 1.96 bits per heavy atom. The van der Waals surface area contributed by atoms with E-state index in [-0.39, 0.29) is 24.4 Å². The van der Waals surface area contributed by atoms with Crippen LogP contribution in [0.2, 0.25) is 0 Å². The summed E-state index contributed by atoms with van der Waals surface area (Å²) in [6, 6.07) is 13.7. The molecular weight excluding hydrogens is 309 g/mol. The summed E-state index contributed by atoms with van der Waals surface area (Å²) in [6.45, 7) is 0.465. The molecule has 0 aliphatic heterocycles. The number of nitrogens with zero attached hydrogens (tertiary/aromatic N) is 2. The normalized spacial score (nSPS) is 12.2. The number of aryl methyl sites for hydroxylation is 1. The molecular formula is C18H18FN3O2. The van der Waals surface area contributed by atoms with E-state index in [9.17, 15) is 14.3 Å². The zero-order valence-electron chi connectivity index (χ0n) is 13.0. The first-order chi connectivity index (χ1) is 11.6. The van der Waals surface area contributed by atoms with Crippen LogP contribution in [0.3, 0.4) is 0 Å². The first-order valence-electron chi connectivity index (χ1n) is 7.74. The number of fused-ring (bicyclic) bond motifs is 1. The monoisotopic (exact) mass is 327 g/mol. The molecule has 0 aliphatic carbocycles. The number of aliphatic hydroxyl groups is 1. The van der Waals surface area contributed by atoms with Crippen molar-refractivity contribution in [2.45, 2.75) is 19.1 Å². The van der Waals surface area contributed by atoms with Crippen LogP contribution in [-0.2, 0) is 11.3 Å². The first kappa shape index (κ1) is 16.1. The summed E-state index contributed by atoms with van der Waals surface area (Å²) in [6.07, 6.45) is 0.889. The van der Waals surface area contributed by atoms with Crippen molar-refractivity contribution >= 4 is 16.9 Å². The lowest BCUT2D eigenvalue weighted by Gasteiger charge is -2.13. The number of nitrogens with one attached hydrogen (secondary N) is 1. The molecule has 1 heterocycles. The number of carbonyl (C=O) groups excluding carboxylic acids is 1. The van der Waals surface area contributed by atoms with E-state index in [0.29, 0.717) is 6.54 Å². The van der Waals surface area contributed by atoms with Crippen molar-refractivity contribution in [3.8, 4) is 0 Å².